The van der Waals surface area contributed by atoms with Gasteiger partial charge in [-0.1, -0.05) is 30.0 Å². The summed E-state index contributed by atoms with van der Waals surface area (Å²) < 4.78 is 20.6. The van der Waals surface area contributed by atoms with Crippen LogP contribution in [0, 0.1) is 5.82 Å². The molecule has 7 nitrogen and oxygen atoms in total. The van der Waals surface area contributed by atoms with Crippen LogP contribution in [-0.2, 0) is 16.6 Å². The third-order valence-corrected chi connectivity index (χ3v) is 4.96. The van der Waals surface area contributed by atoms with E-state index < -0.39 is 11.8 Å². The first-order valence-electron chi connectivity index (χ1n) is 8.83. The molecule has 9 heteroatoms. The van der Waals surface area contributed by atoms with Crippen molar-refractivity contribution in [2.24, 2.45) is 7.05 Å². The molecule has 0 unspecified atom stereocenters. The van der Waals surface area contributed by atoms with E-state index in [1.807, 2.05) is 0 Å². The van der Waals surface area contributed by atoms with Gasteiger partial charge in [-0.05, 0) is 37.3 Å². The van der Waals surface area contributed by atoms with Crippen molar-refractivity contribution in [3.05, 3.63) is 59.9 Å². The highest BCUT2D eigenvalue weighted by Crippen LogP contribution is 2.24. The molecule has 1 aromatic heterocycles. The smallest absolute Gasteiger partial charge is 0.338 e. The Hall–Kier alpha value is -3.20. The van der Waals surface area contributed by atoms with E-state index in [0.717, 1.165) is 0 Å². The summed E-state index contributed by atoms with van der Waals surface area (Å²) in [5, 5.41) is 11.3. The molecule has 0 bridgehead atoms. The summed E-state index contributed by atoms with van der Waals surface area (Å²) >= 11 is 1.18. The molecule has 1 amide bonds. The van der Waals surface area contributed by atoms with E-state index >= 15 is 0 Å². The van der Waals surface area contributed by atoms with Gasteiger partial charge in [0.05, 0.1) is 23.5 Å². The maximum atomic E-state index is 14.0. The van der Waals surface area contributed by atoms with Gasteiger partial charge >= 0.3 is 5.97 Å². The van der Waals surface area contributed by atoms with Crippen LogP contribution in [-0.4, -0.2) is 39.0 Å². The number of carbonyl (C=O) groups excluding carboxylic acids is 2. The highest BCUT2D eigenvalue weighted by atomic mass is 32.2. The van der Waals surface area contributed by atoms with Gasteiger partial charge in [-0.3, -0.25) is 4.79 Å². The second-order valence-electron chi connectivity index (χ2n) is 5.98. The number of nitrogens with one attached hydrogen (secondary N) is 1. The van der Waals surface area contributed by atoms with Crippen molar-refractivity contribution in [1.82, 2.24) is 14.8 Å². The van der Waals surface area contributed by atoms with E-state index in [9.17, 15) is 14.0 Å². The number of carbonyl (C=O) groups is 2. The highest BCUT2D eigenvalue weighted by molar-refractivity contribution is 7.99. The molecule has 1 heterocycles. The minimum atomic E-state index is -0.447. The first-order chi connectivity index (χ1) is 14.0. The Labute approximate surface area is 171 Å². The molecule has 1 N–H and O–H groups in total. The molecule has 3 aromatic rings. The fourth-order valence-corrected chi connectivity index (χ4v) is 3.29. The van der Waals surface area contributed by atoms with Gasteiger partial charge in [0.15, 0.2) is 11.0 Å². The lowest BCUT2D eigenvalue weighted by atomic mass is 10.2. The summed E-state index contributed by atoms with van der Waals surface area (Å²) in [5.41, 5.74) is 1.20. The van der Waals surface area contributed by atoms with Gasteiger partial charge in [-0.25, -0.2) is 9.18 Å². The molecule has 2 aromatic carbocycles. The van der Waals surface area contributed by atoms with Gasteiger partial charge in [0, 0.05) is 12.7 Å². The molecule has 150 valence electrons. The zero-order valence-corrected chi connectivity index (χ0v) is 16.7. The number of halogens is 1. The molecule has 29 heavy (non-hydrogen) atoms. The Morgan fingerprint density at radius 3 is 2.72 bits per heavy atom. The van der Waals surface area contributed by atoms with Crippen LogP contribution in [0.5, 0.6) is 0 Å². The predicted octanol–water partition coefficient (Wildman–Crippen LogP) is 3.53. The number of hydrogen-bond acceptors (Lipinski definition) is 6. The molecule has 0 saturated heterocycles. The van der Waals surface area contributed by atoms with Crippen LogP contribution in [0.15, 0.2) is 53.7 Å². The molecular weight excluding hydrogens is 395 g/mol. The number of anilines is 1. The van der Waals surface area contributed by atoms with E-state index in [2.05, 4.69) is 15.5 Å². The van der Waals surface area contributed by atoms with Gasteiger partial charge < -0.3 is 14.6 Å². The van der Waals surface area contributed by atoms with Crippen molar-refractivity contribution in [2.75, 3.05) is 17.7 Å². The first kappa shape index (κ1) is 20.5. The standard InChI is InChI=1S/C20H19FN4O3S/c1-3-28-19(27)13-7-6-8-14(11-13)22-17(26)12-29-20-24-23-18(25(20)2)15-9-4-5-10-16(15)21/h4-11H,3,12H2,1-2H3,(H,22,26). The Morgan fingerprint density at radius 1 is 1.17 bits per heavy atom. The van der Waals surface area contributed by atoms with Crippen molar-refractivity contribution < 1.29 is 18.7 Å². The number of nitrogens with zero attached hydrogens (tertiary/aromatic N) is 3. The van der Waals surface area contributed by atoms with Crippen molar-refractivity contribution in [2.45, 2.75) is 12.1 Å². The van der Waals surface area contributed by atoms with E-state index in [-0.39, 0.29) is 18.3 Å². The van der Waals surface area contributed by atoms with Crippen molar-refractivity contribution in [3.8, 4) is 11.4 Å². The van der Waals surface area contributed by atoms with Gasteiger partial charge in [0.1, 0.15) is 5.82 Å². The monoisotopic (exact) mass is 414 g/mol. The average molecular weight is 414 g/mol. The third-order valence-electron chi connectivity index (χ3n) is 3.94. The highest BCUT2D eigenvalue weighted by Gasteiger charge is 2.16. The Kier molecular flexibility index (Phi) is 6.61. The minimum absolute atomic E-state index is 0.0763. The summed E-state index contributed by atoms with van der Waals surface area (Å²) in [4.78, 5) is 24.1. The van der Waals surface area contributed by atoms with Gasteiger partial charge in [0.2, 0.25) is 5.91 Å². The van der Waals surface area contributed by atoms with Gasteiger partial charge in [-0.2, -0.15) is 0 Å². The number of thioether (sulfide) groups is 1. The van der Waals surface area contributed by atoms with Gasteiger partial charge in [-0.15, -0.1) is 10.2 Å². The summed E-state index contributed by atoms with van der Waals surface area (Å²) in [6.45, 7) is 2.00. The Balaban J connectivity index is 1.63. The molecule has 0 fully saturated rings. The fraction of sp³-hybridized carbons (Fsp3) is 0.200. The fourth-order valence-electron chi connectivity index (χ4n) is 2.58. The maximum absolute atomic E-state index is 14.0. The average Bonchev–Trinajstić information content (AvgIpc) is 3.07. The molecule has 0 radical (unpaired) electrons. The topological polar surface area (TPSA) is 86.1 Å². The first-order valence-corrected chi connectivity index (χ1v) is 9.82. The summed E-state index contributed by atoms with van der Waals surface area (Å²) in [7, 11) is 1.71. The SMILES string of the molecule is CCOC(=O)c1cccc(NC(=O)CSc2nnc(-c3ccccc3F)n2C)c1. The number of amides is 1. The largest absolute Gasteiger partial charge is 0.462 e. The normalized spacial score (nSPS) is 10.6. The summed E-state index contributed by atoms with van der Waals surface area (Å²) in [5.74, 6) is -0.650. The van der Waals surface area contributed by atoms with Crippen LogP contribution in [0.25, 0.3) is 11.4 Å². The molecule has 0 aliphatic heterocycles. The van der Waals surface area contributed by atoms with Crippen molar-refractivity contribution in [3.63, 3.8) is 0 Å². The molecule has 0 saturated carbocycles. The predicted molar refractivity (Wildman–Crippen MR) is 108 cm³/mol. The quantitative estimate of drug-likeness (QED) is 0.470. The van der Waals surface area contributed by atoms with Crippen LogP contribution in [0.2, 0.25) is 0 Å². The second-order valence-corrected chi connectivity index (χ2v) is 6.93. The van der Waals surface area contributed by atoms with Crippen molar-refractivity contribution >= 4 is 29.3 Å². The van der Waals surface area contributed by atoms with E-state index in [4.69, 9.17) is 4.74 Å². The van der Waals surface area contributed by atoms with Crippen molar-refractivity contribution in [1.29, 1.82) is 0 Å². The Morgan fingerprint density at radius 2 is 1.97 bits per heavy atom. The summed E-state index contributed by atoms with van der Waals surface area (Å²) in [6, 6.07) is 12.8. The molecular formula is C20H19FN4O3S. The van der Waals surface area contributed by atoms with Crippen LogP contribution in [0.1, 0.15) is 17.3 Å². The number of rotatable bonds is 7. The van der Waals surface area contributed by atoms with Gasteiger partial charge in [0.25, 0.3) is 0 Å². The van der Waals surface area contributed by atoms with E-state index in [0.29, 0.717) is 27.8 Å². The second kappa shape index (κ2) is 9.33. The Bertz CT molecular complexity index is 1040. The molecule has 0 aliphatic rings. The molecule has 0 spiro atoms. The molecule has 0 atom stereocenters. The van der Waals surface area contributed by atoms with Crippen LogP contribution < -0.4 is 5.32 Å². The molecule has 3 rings (SSSR count). The van der Waals surface area contributed by atoms with Crippen LogP contribution in [0.4, 0.5) is 10.1 Å². The van der Waals surface area contributed by atoms with Crippen LogP contribution >= 0.6 is 11.8 Å². The number of hydrogen-bond donors (Lipinski definition) is 1. The lowest BCUT2D eigenvalue weighted by Gasteiger charge is -2.07. The maximum Gasteiger partial charge on any atom is 0.338 e. The number of ether oxygens (including phenoxy) is 1. The summed E-state index contributed by atoms with van der Waals surface area (Å²) in [6.07, 6.45) is 0. The number of benzene rings is 2. The zero-order chi connectivity index (χ0) is 20.8. The lowest BCUT2D eigenvalue weighted by Crippen LogP contribution is -2.15. The number of esters is 1. The number of aromatic nitrogens is 3. The molecule has 0 aliphatic carbocycles. The van der Waals surface area contributed by atoms with E-state index in [1.165, 1.54) is 17.8 Å². The zero-order valence-electron chi connectivity index (χ0n) is 15.9. The third kappa shape index (κ3) is 5.00. The minimum Gasteiger partial charge on any atom is -0.462 e. The lowest BCUT2D eigenvalue weighted by molar-refractivity contribution is -0.113. The van der Waals surface area contributed by atoms with E-state index in [1.54, 1.807) is 61.0 Å². The van der Waals surface area contributed by atoms with Crippen LogP contribution in [0.3, 0.4) is 0 Å².